The molecule has 1 aliphatic heterocycles. The quantitative estimate of drug-likeness (QED) is 0.868. The third-order valence-corrected chi connectivity index (χ3v) is 3.25. The molecule has 0 spiro atoms. The smallest absolute Gasteiger partial charge is 0.158 e. The predicted molar refractivity (Wildman–Crippen MR) is 70.1 cm³/mol. The molecule has 100 valence electrons. The van der Waals surface area contributed by atoms with E-state index in [4.69, 9.17) is 10.5 Å². The zero-order chi connectivity index (χ0) is 13.1. The van der Waals surface area contributed by atoms with Gasteiger partial charge in [0.25, 0.3) is 0 Å². The average molecular weight is 250 g/mol. The van der Waals surface area contributed by atoms with Gasteiger partial charge >= 0.3 is 0 Å². The molecule has 1 saturated heterocycles. The molecule has 1 atom stereocenters. The van der Waals surface area contributed by atoms with Gasteiger partial charge in [-0.2, -0.15) is 0 Å². The monoisotopic (exact) mass is 250 g/mol. The third kappa shape index (κ3) is 3.04. The van der Waals surface area contributed by atoms with E-state index >= 15 is 0 Å². The molecule has 5 heteroatoms. The highest BCUT2D eigenvalue weighted by Crippen LogP contribution is 2.21. The van der Waals surface area contributed by atoms with E-state index in [-0.39, 0.29) is 6.10 Å². The van der Waals surface area contributed by atoms with Crippen LogP contribution in [0.1, 0.15) is 37.2 Å². The maximum absolute atomic E-state index is 5.79. The SMILES string of the molecule is Cc1cc(CN)nc(C2CN(C(C)C)CCO2)n1. The Kier molecular flexibility index (Phi) is 4.27. The number of nitrogens with zero attached hydrogens (tertiary/aromatic N) is 3. The van der Waals surface area contributed by atoms with Crippen molar-refractivity contribution in [3.63, 3.8) is 0 Å². The number of rotatable bonds is 3. The fourth-order valence-corrected chi connectivity index (χ4v) is 2.20. The van der Waals surface area contributed by atoms with Crippen LogP contribution in [0.15, 0.2) is 6.07 Å². The second-order valence-electron chi connectivity index (χ2n) is 5.01. The lowest BCUT2D eigenvalue weighted by Crippen LogP contribution is -2.42. The van der Waals surface area contributed by atoms with Crippen LogP contribution >= 0.6 is 0 Å². The van der Waals surface area contributed by atoms with Crippen molar-refractivity contribution in [1.82, 2.24) is 14.9 Å². The van der Waals surface area contributed by atoms with E-state index in [1.54, 1.807) is 0 Å². The molecule has 2 heterocycles. The molecule has 1 fully saturated rings. The summed E-state index contributed by atoms with van der Waals surface area (Å²) in [6, 6.07) is 2.45. The Hall–Kier alpha value is -1.04. The zero-order valence-corrected chi connectivity index (χ0v) is 11.4. The Morgan fingerprint density at radius 3 is 2.94 bits per heavy atom. The summed E-state index contributed by atoms with van der Waals surface area (Å²) in [5.41, 5.74) is 7.48. The van der Waals surface area contributed by atoms with Crippen molar-refractivity contribution in [2.75, 3.05) is 19.7 Å². The van der Waals surface area contributed by atoms with Gasteiger partial charge in [0.15, 0.2) is 5.82 Å². The molecule has 2 N–H and O–H groups in total. The second kappa shape index (κ2) is 5.73. The van der Waals surface area contributed by atoms with Gasteiger partial charge in [0.1, 0.15) is 6.10 Å². The summed E-state index contributed by atoms with van der Waals surface area (Å²) < 4.78 is 5.79. The van der Waals surface area contributed by atoms with Crippen LogP contribution in [0.3, 0.4) is 0 Å². The number of nitrogens with two attached hydrogens (primary N) is 1. The van der Waals surface area contributed by atoms with Gasteiger partial charge in [0.05, 0.1) is 12.3 Å². The predicted octanol–water partition coefficient (Wildman–Crippen LogP) is 1.03. The zero-order valence-electron chi connectivity index (χ0n) is 11.4. The van der Waals surface area contributed by atoms with E-state index in [0.717, 1.165) is 36.9 Å². The van der Waals surface area contributed by atoms with Crippen molar-refractivity contribution in [2.45, 2.75) is 39.5 Å². The van der Waals surface area contributed by atoms with Crippen LogP contribution in [-0.2, 0) is 11.3 Å². The third-order valence-electron chi connectivity index (χ3n) is 3.25. The van der Waals surface area contributed by atoms with Gasteiger partial charge < -0.3 is 10.5 Å². The highest BCUT2D eigenvalue weighted by Gasteiger charge is 2.25. The number of hydrogen-bond donors (Lipinski definition) is 1. The highest BCUT2D eigenvalue weighted by molar-refractivity contribution is 5.11. The lowest BCUT2D eigenvalue weighted by Gasteiger charge is -2.34. The van der Waals surface area contributed by atoms with Crippen molar-refractivity contribution < 1.29 is 4.74 Å². The van der Waals surface area contributed by atoms with Gasteiger partial charge in [-0.25, -0.2) is 9.97 Å². The first-order chi connectivity index (χ1) is 8.60. The second-order valence-corrected chi connectivity index (χ2v) is 5.01. The Balaban J connectivity index is 2.17. The summed E-state index contributed by atoms with van der Waals surface area (Å²) in [7, 11) is 0. The molecule has 2 rings (SSSR count). The largest absolute Gasteiger partial charge is 0.368 e. The molecule has 18 heavy (non-hydrogen) atoms. The van der Waals surface area contributed by atoms with E-state index in [2.05, 4.69) is 28.7 Å². The summed E-state index contributed by atoms with van der Waals surface area (Å²) in [4.78, 5) is 11.4. The van der Waals surface area contributed by atoms with Crippen LogP contribution < -0.4 is 5.73 Å². The fraction of sp³-hybridized carbons (Fsp3) is 0.692. The van der Waals surface area contributed by atoms with Crippen molar-refractivity contribution in [2.24, 2.45) is 5.73 Å². The molecule has 0 aromatic carbocycles. The first kappa shape index (κ1) is 13.4. The van der Waals surface area contributed by atoms with Crippen LogP contribution in [-0.4, -0.2) is 40.6 Å². The van der Waals surface area contributed by atoms with Gasteiger partial charge in [0, 0.05) is 31.4 Å². The molecule has 0 aliphatic carbocycles. The fourth-order valence-electron chi connectivity index (χ4n) is 2.20. The molecule has 1 aromatic rings. The van der Waals surface area contributed by atoms with E-state index in [9.17, 15) is 0 Å². The minimum Gasteiger partial charge on any atom is -0.368 e. The van der Waals surface area contributed by atoms with Crippen LogP contribution in [0.25, 0.3) is 0 Å². The first-order valence-electron chi connectivity index (χ1n) is 6.50. The molecule has 0 bridgehead atoms. The minimum atomic E-state index is -0.0358. The summed E-state index contributed by atoms with van der Waals surface area (Å²) in [6.45, 7) is 9.37. The van der Waals surface area contributed by atoms with E-state index in [1.165, 1.54) is 0 Å². The van der Waals surface area contributed by atoms with Crippen LogP contribution in [0.2, 0.25) is 0 Å². The van der Waals surface area contributed by atoms with Crippen molar-refractivity contribution in [3.05, 3.63) is 23.3 Å². The Bertz CT molecular complexity index is 408. The molecule has 0 amide bonds. The molecular formula is C13H22N4O. The number of aromatic nitrogens is 2. The van der Waals surface area contributed by atoms with Gasteiger partial charge in [-0.1, -0.05) is 0 Å². The van der Waals surface area contributed by atoms with Crippen molar-refractivity contribution in [3.8, 4) is 0 Å². The van der Waals surface area contributed by atoms with Crippen molar-refractivity contribution in [1.29, 1.82) is 0 Å². The van der Waals surface area contributed by atoms with Gasteiger partial charge in [0.2, 0.25) is 0 Å². The van der Waals surface area contributed by atoms with E-state index in [0.29, 0.717) is 12.6 Å². The molecule has 1 unspecified atom stereocenters. The first-order valence-corrected chi connectivity index (χ1v) is 6.50. The summed E-state index contributed by atoms with van der Waals surface area (Å²) in [5, 5.41) is 0. The Morgan fingerprint density at radius 2 is 2.28 bits per heavy atom. The van der Waals surface area contributed by atoms with Crippen LogP contribution in [0, 0.1) is 6.92 Å². The topological polar surface area (TPSA) is 64.3 Å². The molecule has 1 aromatic heterocycles. The minimum absolute atomic E-state index is 0.0358. The summed E-state index contributed by atoms with van der Waals surface area (Å²) in [6.07, 6.45) is -0.0358. The van der Waals surface area contributed by atoms with Gasteiger partial charge in [-0.05, 0) is 26.8 Å². The standard InChI is InChI=1S/C13H22N4O/c1-9(2)17-4-5-18-12(8-17)13-15-10(3)6-11(7-14)16-13/h6,9,12H,4-5,7-8,14H2,1-3H3. The van der Waals surface area contributed by atoms with E-state index in [1.807, 2.05) is 13.0 Å². The van der Waals surface area contributed by atoms with Crippen LogP contribution in [0.4, 0.5) is 0 Å². The lowest BCUT2D eigenvalue weighted by atomic mass is 10.2. The average Bonchev–Trinajstić information content (AvgIpc) is 2.38. The van der Waals surface area contributed by atoms with Crippen LogP contribution in [0.5, 0.6) is 0 Å². The maximum Gasteiger partial charge on any atom is 0.158 e. The molecule has 5 nitrogen and oxygen atoms in total. The number of aryl methyl sites for hydroxylation is 1. The summed E-state index contributed by atoms with van der Waals surface area (Å²) in [5.74, 6) is 0.765. The molecule has 0 saturated carbocycles. The normalized spacial score (nSPS) is 21.5. The Labute approximate surface area is 108 Å². The highest BCUT2D eigenvalue weighted by atomic mass is 16.5. The molecule has 0 radical (unpaired) electrons. The number of hydrogen-bond acceptors (Lipinski definition) is 5. The van der Waals surface area contributed by atoms with Gasteiger partial charge in [-0.3, -0.25) is 4.90 Å². The lowest BCUT2D eigenvalue weighted by molar-refractivity contribution is -0.0444. The molecular weight excluding hydrogens is 228 g/mol. The molecule has 1 aliphatic rings. The van der Waals surface area contributed by atoms with Crippen molar-refractivity contribution >= 4 is 0 Å². The van der Waals surface area contributed by atoms with Gasteiger partial charge in [-0.15, -0.1) is 0 Å². The maximum atomic E-state index is 5.79. The summed E-state index contributed by atoms with van der Waals surface area (Å²) >= 11 is 0. The Morgan fingerprint density at radius 1 is 1.50 bits per heavy atom. The number of ether oxygens (including phenoxy) is 1. The van der Waals surface area contributed by atoms with E-state index < -0.39 is 0 Å². The number of morpholine rings is 1.